The van der Waals surface area contributed by atoms with Gasteiger partial charge in [0.25, 0.3) is 11.5 Å². The minimum absolute atomic E-state index is 0.00813. The first-order valence-corrected chi connectivity index (χ1v) is 9.81. The average molecular weight is 402 g/mol. The average Bonchev–Trinajstić information content (AvgIpc) is 3.14. The van der Waals surface area contributed by atoms with Crippen molar-refractivity contribution in [1.29, 1.82) is 0 Å². The van der Waals surface area contributed by atoms with Crippen LogP contribution in [0, 0.1) is 12.8 Å². The predicted octanol–water partition coefficient (Wildman–Crippen LogP) is 2.32. The Bertz CT molecular complexity index is 1130. The molecule has 0 spiro atoms. The molecule has 1 unspecified atom stereocenters. The number of nitrogens with one attached hydrogen (secondary N) is 1. The lowest BCUT2D eigenvalue weighted by molar-refractivity contribution is -0.117. The number of para-hydroxylation sites is 1. The molecule has 1 N–H and O–H groups in total. The maximum absolute atomic E-state index is 12.9. The molecule has 1 saturated heterocycles. The van der Waals surface area contributed by atoms with E-state index < -0.39 is 11.5 Å². The molecule has 2 aromatic heterocycles. The van der Waals surface area contributed by atoms with Crippen molar-refractivity contribution in [1.82, 2.24) is 14.9 Å². The van der Waals surface area contributed by atoms with Crippen LogP contribution in [0.2, 0.25) is 0 Å². The molecule has 30 heavy (non-hydrogen) atoms. The summed E-state index contributed by atoms with van der Waals surface area (Å²) in [4.78, 5) is 43.9. The van der Waals surface area contributed by atoms with Gasteiger partial charge < -0.3 is 10.2 Å². The van der Waals surface area contributed by atoms with Crippen LogP contribution in [0.25, 0.3) is 5.69 Å². The van der Waals surface area contributed by atoms with Crippen LogP contribution in [0.15, 0.2) is 71.9 Å². The Hall–Kier alpha value is -3.74. The summed E-state index contributed by atoms with van der Waals surface area (Å²) in [6, 6.07) is 14.7. The highest BCUT2D eigenvalue weighted by Crippen LogP contribution is 2.24. The first-order chi connectivity index (χ1) is 14.5. The lowest BCUT2D eigenvalue weighted by atomic mass is 10.1. The Balaban J connectivity index is 1.47. The fraction of sp³-hybridized carbons (Fsp3) is 0.217. The van der Waals surface area contributed by atoms with Gasteiger partial charge in [0.1, 0.15) is 5.56 Å². The molecule has 0 bridgehead atoms. The SMILES string of the molecule is Cc1ccn(-c2cccnc2)c(=O)c1C(=O)NCC1CC(=O)N(c2ccccc2)C1. The van der Waals surface area contributed by atoms with E-state index in [-0.39, 0.29) is 17.4 Å². The van der Waals surface area contributed by atoms with E-state index in [9.17, 15) is 14.4 Å². The summed E-state index contributed by atoms with van der Waals surface area (Å²) in [6.07, 6.45) is 5.19. The van der Waals surface area contributed by atoms with Gasteiger partial charge in [-0.2, -0.15) is 0 Å². The Morgan fingerprint density at radius 3 is 2.60 bits per heavy atom. The maximum Gasteiger partial charge on any atom is 0.268 e. The highest BCUT2D eigenvalue weighted by Gasteiger charge is 2.31. The standard InChI is InChI=1S/C23H22N4O3/c1-16-9-11-26(19-8-5-10-24-14-19)23(30)21(16)22(29)25-13-17-12-20(28)27(15-17)18-6-3-2-4-7-18/h2-11,14,17H,12-13,15H2,1H3,(H,25,29). The molecule has 152 valence electrons. The van der Waals surface area contributed by atoms with E-state index in [1.54, 1.807) is 48.6 Å². The van der Waals surface area contributed by atoms with Gasteiger partial charge in [-0.3, -0.25) is 23.9 Å². The summed E-state index contributed by atoms with van der Waals surface area (Å²) in [5.41, 5.74) is 1.76. The van der Waals surface area contributed by atoms with Crippen LogP contribution in [0.4, 0.5) is 5.69 Å². The van der Waals surface area contributed by atoms with Gasteiger partial charge in [0.15, 0.2) is 0 Å². The molecule has 0 radical (unpaired) electrons. The predicted molar refractivity (Wildman–Crippen MR) is 114 cm³/mol. The lowest BCUT2D eigenvalue weighted by Crippen LogP contribution is -2.36. The zero-order valence-corrected chi connectivity index (χ0v) is 16.6. The van der Waals surface area contributed by atoms with Crippen molar-refractivity contribution in [3.63, 3.8) is 0 Å². The van der Waals surface area contributed by atoms with Gasteiger partial charge in [-0.15, -0.1) is 0 Å². The van der Waals surface area contributed by atoms with E-state index in [0.717, 1.165) is 5.69 Å². The molecule has 1 aromatic carbocycles. The number of amides is 2. The maximum atomic E-state index is 12.9. The van der Waals surface area contributed by atoms with Crippen molar-refractivity contribution in [3.8, 4) is 5.69 Å². The summed E-state index contributed by atoms with van der Waals surface area (Å²) in [5.74, 6) is -0.400. The molecule has 1 aliphatic rings. The van der Waals surface area contributed by atoms with Crippen LogP contribution in [-0.2, 0) is 4.79 Å². The van der Waals surface area contributed by atoms with Crippen molar-refractivity contribution in [2.75, 3.05) is 18.0 Å². The first kappa shape index (κ1) is 19.6. The van der Waals surface area contributed by atoms with Crippen LogP contribution in [0.1, 0.15) is 22.3 Å². The quantitative estimate of drug-likeness (QED) is 0.710. The Morgan fingerprint density at radius 1 is 1.10 bits per heavy atom. The number of aromatic nitrogens is 2. The van der Waals surface area contributed by atoms with Crippen LogP contribution in [0.3, 0.4) is 0 Å². The zero-order chi connectivity index (χ0) is 21.1. The van der Waals surface area contributed by atoms with Gasteiger partial charge >= 0.3 is 0 Å². The van der Waals surface area contributed by atoms with Gasteiger partial charge in [-0.25, -0.2) is 0 Å². The van der Waals surface area contributed by atoms with E-state index in [2.05, 4.69) is 10.3 Å². The van der Waals surface area contributed by atoms with Crippen molar-refractivity contribution in [2.24, 2.45) is 5.92 Å². The van der Waals surface area contributed by atoms with Crippen LogP contribution >= 0.6 is 0 Å². The number of anilines is 1. The smallest absolute Gasteiger partial charge is 0.268 e. The number of carbonyl (C=O) groups excluding carboxylic acids is 2. The van der Waals surface area contributed by atoms with Crippen LogP contribution in [-0.4, -0.2) is 34.5 Å². The van der Waals surface area contributed by atoms with E-state index in [0.29, 0.717) is 30.8 Å². The minimum Gasteiger partial charge on any atom is -0.351 e. The fourth-order valence-corrected chi connectivity index (χ4v) is 3.70. The molecule has 1 fully saturated rings. The van der Waals surface area contributed by atoms with E-state index in [1.807, 2.05) is 30.3 Å². The summed E-state index contributed by atoms with van der Waals surface area (Å²) in [6.45, 7) is 2.60. The fourth-order valence-electron chi connectivity index (χ4n) is 3.70. The topological polar surface area (TPSA) is 84.3 Å². The lowest BCUT2D eigenvalue weighted by Gasteiger charge is -2.17. The third-order valence-electron chi connectivity index (χ3n) is 5.28. The first-order valence-electron chi connectivity index (χ1n) is 9.81. The highest BCUT2D eigenvalue weighted by molar-refractivity contribution is 5.97. The van der Waals surface area contributed by atoms with Crippen molar-refractivity contribution in [3.05, 3.63) is 88.6 Å². The van der Waals surface area contributed by atoms with Crippen molar-refractivity contribution >= 4 is 17.5 Å². The van der Waals surface area contributed by atoms with Gasteiger partial charge in [0.05, 0.1) is 11.9 Å². The molecule has 3 aromatic rings. The number of carbonyl (C=O) groups is 2. The van der Waals surface area contributed by atoms with E-state index in [1.165, 1.54) is 4.57 Å². The number of hydrogen-bond acceptors (Lipinski definition) is 4. The van der Waals surface area contributed by atoms with E-state index in [4.69, 9.17) is 0 Å². The largest absolute Gasteiger partial charge is 0.351 e. The molecule has 7 heteroatoms. The molecule has 4 rings (SSSR count). The summed E-state index contributed by atoms with van der Waals surface area (Å²) in [5, 5.41) is 2.85. The van der Waals surface area contributed by atoms with E-state index >= 15 is 0 Å². The molecule has 1 aliphatic heterocycles. The van der Waals surface area contributed by atoms with Crippen LogP contribution in [0.5, 0.6) is 0 Å². The number of nitrogens with zero attached hydrogens (tertiary/aromatic N) is 3. The molecule has 2 amide bonds. The molecule has 7 nitrogen and oxygen atoms in total. The Labute approximate surface area is 174 Å². The number of hydrogen-bond donors (Lipinski definition) is 1. The summed E-state index contributed by atoms with van der Waals surface area (Å²) >= 11 is 0. The molecule has 0 aliphatic carbocycles. The monoisotopic (exact) mass is 402 g/mol. The number of benzene rings is 1. The number of aryl methyl sites for hydroxylation is 1. The molecule has 3 heterocycles. The highest BCUT2D eigenvalue weighted by atomic mass is 16.2. The number of pyridine rings is 2. The number of rotatable bonds is 5. The van der Waals surface area contributed by atoms with Gasteiger partial charge in [0.2, 0.25) is 5.91 Å². The third kappa shape index (κ3) is 3.87. The second-order valence-electron chi connectivity index (χ2n) is 7.38. The Kier molecular flexibility index (Phi) is 5.43. The van der Waals surface area contributed by atoms with Gasteiger partial charge in [-0.05, 0) is 42.8 Å². The Morgan fingerprint density at radius 2 is 1.87 bits per heavy atom. The van der Waals surface area contributed by atoms with Gasteiger partial charge in [-0.1, -0.05) is 18.2 Å². The van der Waals surface area contributed by atoms with Crippen molar-refractivity contribution < 1.29 is 9.59 Å². The second-order valence-corrected chi connectivity index (χ2v) is 7.38. The minimum atomic E-state index is -0.429. The molecular weight excluding hydrogens is 380 g/mol. The van der Waals surface area contributed by atoms with Gasteiger partial charge in [0, 0.05) is 43.5 Å². The summed E-state index contributed by atoms with van der Waals surface area (Å²) in [7, 11) is 0. The van der Waals surface area contributed by atoms with Crippen molar-refractivity contribution in [2.45, 2.75) is 13.3 Å². The second kappa shape index (κ2) is 8.32. The molecule has 0 saturated carbocycles. The summed E-state index contributed by atoms with van der Waals surface area (Å²) < 4.78 is 1.41. The normalized spacial score (nSPS) is 16.0. The third-order valence-corrected chi connectivity index (χ3v) is 5.28. The zero-order valence-electron chi connectivity index (χ0n) is 16.6. The molecule has 1 atom stereocenters. The van der Waals surface area contributed by atoms with Crippen LogP contribution < -0.4 is 15.8 Å². The molecular formula is C23H22N4O3.